The first kappa shape index (κ1) is 10.8. The molecule has 0 heterocycles. The van der Waals surface area contributed by atoms with Crippen LogP contribution in [0.25, 0.3) is 0 Å². The molecule has 0 aromatic heterocycles. The molecular formula is C5H10O2Tl2. The van der Waals surface area contributed by atoms with E-state index in [0.29, 0.717) is 64.6 Å². The van der Waals surface area contributed by atoms with Crippen molar-refractivity contribution in [3.05, 3.63) is 0 Å². The van der Waals surface area contributed by atoms with Gasteiger partial charge in [0.05, 0.1) is 0 Å². The summed E-state index contributed by atoms with van der Waals surface area (Å²) in [6, 6.07) is 0. The van der Waals surface area contributed by atoms with Gasteiger partial charge < -0.3 is 0 Å². The summed E-state index contributed by atoms with van der Waals surface area (Å²) in [5.41, 5.74) is 0. The molecule has 0 aromatic carbocycles. The van der Waals surface area contributed by atoms with Gasteiger partial charge in [-0.15, -0.1) is 0 Å². The van der Waals surface area contributed by atoms with Crippen molar-refractivity contribution < 1.29 is 5.37 Å². The molecule has 0 N–H and O–H groups in total. The van der Waals surface area contributed by atoms with Gasteiger partial charge in [0.25, 0.3) is 0 Å². The van der Waals surface area contributed by atoms with Gasteiger partial charge in [0.1, 0.15) is 0 Å². The second-order valence-electron chi connectivity index (χ2n) is 2.13. The minimum atomic E-state index is 0.406. The summed E-state index contributed by atoms with van der Waals surface area (Å²) in [4.78, 5) is 0. The molecule has 0 rings (SSSR count). The van der Waals surface area contributed by atoms with Gasteiger partial charge in [0, 0.05) is 0 Å². The molecule has 0 saturated heterocycles. The first-order chi connectivity index (χ1) is 4.20. The van der Waals surface area contributed by atoms with Crippen LogP contribution in [-0.4, -0.2) is 64.6 Å². The molecule has 0 aromatic rings. The molecule has 0 saturated carbocycles. The minimum absolute atomic E-state index is 0.406. The summed E-state index contributed by atoms with van der Waals surface area (Å²) in [7, 11) is 0. The van der Waals surface area contributed by atoms with Gasteiger partial charge in [-0.25, -0.2) is 0 Å². The van der Waals surface area contributed by atoms with Crippen molar-refractivity contribution in [1.82, 2.24) is 0 Å². The van der Waals surface area contributed by atoms with E-state index >= 15 is 0 Å². The number of rotatable bonds is 4. The van der Waals surface area contributed by atoms with Crippen LogP contribution in [0.5, 0.6) is 0 Å². The molecule has 2 atom stereocenters. The van der Waals surface area contributed by atoms with E-state index in [-0.39, 0.29) is 0 Å². The molecule has 0 bridgehead atoms. The number of hydrogen-bond donors (Lipinski definition) is 0. The van der Waals surface area contributed by atoms with Gasteiger partial charge in [-0.2, -0.15) is 0 Å². The molecular weight excluding hydrogens is 501 g/mol. The van der Waals surface area contributed by atoms with Gasteiger partial charge in [0.15, 0.2) is 0 Å². The van der Waals surface area contributed by atoms with Crippen LogP contribution in [0.2, 0.25) is 0 Å². The fourth-order valence-electron chi connectivity index (χ4n) is 0.579. The van der Waals surface area contributed by atoms with E-state index in [2.05, 4.69) is 13.8 Å². The Morgan fingerprint density at radius 3 is 1.67 bits per heavy atom. The third-order valence-electron chi connectivity index (χ3n) is 1.13. The Morgan fingerprint density at radius 1 is 1.11 bits per heavy atom. The molecule has 0 fully saturated rings. The SMILES string of the molecule is CC(CC(C)[O][Tl])[O][Tl]. The first-order valence-corrected chi connectivity index (χ1v) is 6.58. The van der Waals surface area contributed by atoms with Gasteiger partial charge in [0.2, 0.25) is 0 Å². The van der Waals surface area contributed by atoms with Crippen molar-refractivity contribution in [2.45, 2.75) is 32.5 Å². The predicted octanol–water partition coefficient (Wildman–Crippen LogP) is 0.354. The molecule has 9 heavy (non-hydrogen) atoms. The Balaban J connectivity index is 3.22. The maximum absolute atomic E-state index is 5.23. The van der Waals surface area contributed by atoms with Crippen LogP contribution in [0.15, 0.2) is 0 Å². The van der Waals surface area contributed by atoms with Crippen molar-refractivity contribution in [1.29, 1.82) is 0 Å². The molecule has 0 aliphatic rings. The normalized spacial score (nSPS) is 16.9. The van der Waals surface area contributed by atoms with E-state index in [1.807, 2.05) is 0 Å². The fourth-order valence-corrected chi connectivity index (χ4v) is 1.44. The van der Waals surface area contributed by atoms with Gasteiger partial charge in [-0.05, 0) is 0 Å². The van der Waals surface area contributed by atoms with Crippen molar-refractivity contribution >= 4 is 52.4 Å². The van der Waals surface area contributed by atoms with Gasteiger partial charge >= 0.3 is 90.3 Å². The van der Waals surface area contributed by atoms with E-state index in [0.717, 1.165) is 6.42 Å². The molecule has 0 aliphatic heterocycles. The zero-order chi connectivity index (χ0) is 7.28. The van der Waals surface area contributed by atoms with E-state index in [9.17, 15) is 0 Å². The maximum atomic E-state index is 5.23. The van der Waals surface area contributed by atoms with Crippen molar-refractivity contribution in [2.75, 3.05) is 0 Å². The molecule has 0 radical (unpaired) electrons. The Morgan fingerprint density at radius 2 is 1.44 bits per heavy atom. The Bertz CT molecular complexity index is 62.0. The molecule has 0 aliphatic carbocycles. The van der Waals surface area contributed by atoms with E-state index in [4.69, 9.17) is 5.37 Å². The monoisotopic (exact) mass is 512 g/mol. The Hall–Kier alpha value is 1.76. The van der Waals surface area contributed by atoms with Crippen LogP contribution in [0, 0.1) is 0 Å². The van der Waals surface area contributed by atoms with Crippen LogP contribution in [-0.2, 0) is 5.37 Å². The standard InChI is InChI=1S/C5H10O2.2Tl/c1-4(6)3-5(2)7;;/h4-5H,3H2,1-2H3;;/q-2;2*+1. The first-order valence-electron chi connectivity index (χ1n) is 2.91. The van der Waals surface area contributed by atoms with Crippen LogP contribution in [0.1, 0.15) is 20.3 Å². The average molecular weight is 511 g/mol. The van der Waals surface area contributed by atoms with Crippen LogP contribution < -0.4 is 0 Å². The van der Waals surface area contributed by atoms with Gasteiger partial charge in [-0.3, -0.25) is 0 Å². The van der Waals surface area contributed by atoms with Crippen molar-refractivity contribution in [3.63, 3.8) is 0 Å². The summed E-state index contributed by atoms with van der Waals surface area (Å²) in [5.74, 6) is 0. The van der Waals surface area contributed by atoms with E-state index in [1.54, 1.807) is 0 Å². The van der Waals surface area contributed by atoms with Crippen molar-refractivity contribution in [2.24, 2.45) is 0 Å². The fraction of sp³-hybridized carbons (Fsp3) is 1.00. The average Bonchev–Trinajstić information content (AvgIpc) is 1.87. The Kier molecular flexibility index (Phi) is 7.74. The molecule has 0 spiro atoms. The van der Waals surface area contributed by atoms with E-state index in [1.165, 1.54) is 0 Å². The zero-order valence-corrected chi connectivity index (χ0v) is 14.8. The summed E-state index contributed by atoms with van der Waals surface area (Å²) < 4.78 is 10.5. The second-order valence-corrected chi connectivity index (χ2v) is 4.25. The summed E-state index contributed by atoms with van der Waals surface area (Å²) in [6.07, 6.45) is 1.86. The zero-order valence-electron chi connectivity index (χ0n) is 5.83. The van der Waals surface area contributed by atoms with Crippen molar-refractivity contribution in [3.8, 4) is 0 Å². The van der Waals surface area contributed by atoms with Gasteiger partial charge in [-0.1, -0.05) is 0 Å². The quantitative estimate of drug-likeness (QED) is 0.509. The molecule has 2 nitrogen and oxygen atoms in total. The molecule has 2 unspecified atom stereocenters. The summed E-state index contributed by atoms with van der Waals surface area (Å²) in [5, 5.41) is 0. The molecule has 4 heteroatoms. The van der Waals surface area contributed by atoms with E-state index < -0.39 is 0 Å². The topological polar surface area (TPSA) is 18.5 Å². The van der Waals surface area contributed by atoms with Crippen LogP contribution >= 0.6 is 0 Å². The third kappa shape index (κ3) is 6.17. The summed E-state index contributed by atoms with van der Waals surface area (Å²) in [6.45, 7) is 4.19. The Labute approximate surface area is 89.4 Å². The number of hydrogen-bond acceptors (Lipinski definition) is 2. The second kappa shape index (κ2) is 6.47. The van der Waals surface area contributed by atoms with Crippen LogP contribution in [0.4, 0.5) is 0 Å². The third-order valence-corrected chi connectivity index (χ3v) is 4.74. The molecule has 48 valence electrons. The molecule has 0 amide bonds. The predicted molar refractivity (Wildman–Crippen MR) is 37.2 cm³/mol. The van der Waals surface area contributed by atoms with Crippen LogP contribution in [0.3, 0.4) is 0 Å². The summed E-state index contributed by atoms with van der Waals surface area (Å²) >= 11 is 1.32.